The Labute approximate surface area is 377 Å². The van der Waals surface area contributed by atoms with Crippen LogP contribution in [-0.4, -0.2) is 153 Å². The van der Waals surface area contributed by atoms with Crippen molar-refractivity contribution in [2.75, 3.05) is 33.9 Å². The molecule has 0 aromatic carbocycles. The molecular formula is C46H69N7O11. The van der Waals surface area contributed by atoms with Crippen LogP contribution in [0.3, 0.4) is 0 Å². The first kappa shape index (κ1) is 49.1. The molecule has 0 saturated carbocycles. The summed E-state index contributed by atoms with van der Waals surface area (Å²) in [5.74, 6) is -3.53. The van der Waals surface area contributed by atoms with E-state index in [1.165, 1.54) is 11.7 Å². The summed E-state index contributed by atoms with van der Waals surface area (Å²) < 4.78 is 45.5. The van der Waals surface area contributed by atoms with Crippen LogP contribution in [0.25, 0.3) is 11.4 Å². The fourth-order valence-corrected chi connectivity index (χ4v) is 10.4. The lowest BCUT2D eigenvalue weighted by Crippen LogP contribution is -2.61. The summed E-state index contributed by atoms with van der Waals surface area (Å²) in [4.78, 5) is 65.5. The third kappa shape index (κ3) is 10.5. The number of aromatic nitrogens is 5. The molecule has 6 heterocycles. The number of cyclic esters (lactones) is 1. The Morgan fingerprint density at radius 1 is 1.05 bits per heavy atom. The molecule has 354 valence electrons. The number of pyridine rings is 1. The second-order valence-electron chi connectivity index (χ2n) is 19.0. The monoisotopic (exact) mass is 896 g/mol. The minimum atomic E-state index is -1.38. The lowest BCUT2D eigenvalue weighted by Gasteiger charge is -2.49. The van der Waals surface area contributed by atoms with Crippen LogP contribution in [-0.2, 0) is 54.1 Å². The maximum absolute atomic E-state index is 15.1. The number of carbonyl (C=O) groups is 4. The number of likely N-dealkylation sites (N-methyl/N-ethyl adjacent to an activating group) is 1. The Balaban J connectivity index is 1.34. The van der Waals surface area contributed by atoms with E-state index in [1.54, 1.807) is 37.2 Å². The zero-order chi connectivity index (χ0) is 46.7. The van der Waals surface area contributed by atoms with Crippen LogP contribution in [0, 0.1) is 23.7 Å². The van der Waals surface area contributed by atoms with E-state index in [0.29, 0.717) is 43.6 Å². The van der Waals surface area contributed by atoms with Gasteiger partial charge in [-0.1, -0.05) is 34.3 Å². The molecule has 0 radical (unpaired) electrons. The predicted octanol–water partition coefficient (Wildman–Crippen LogP) is 5.05. The Hall–Kier alpha value is -4.36. The van der Waals surface area contributed by atoms with Gasteiger partial charge in [0.1, 0.15) is 11.9 Å². The number of unbranched alkanes of at least 4 members (excludes halogenated alkanes) is 1. The van der Waals surface area contributed by atoms with Crippen LogP contribution in [0.15, 0.2) is 36.7 Å². The van der Waals surface area contributed by atoms with Crippen LogP contribution < -0.4 is 0 Å². The van der Waals surface area contributed by atoms with Crippen molar-refractivity contribution in [1.82, 2.24) is 35.0 Å². The van der Waals surface area contributed by atoms with Gasteiger partial charge in [0.15, 0.2) is 18.0 Å². The molecule has 1 unspecified atom stereocenters. The van der Waals surface area contributed by atoms with Crippen molar-refractivity contribution < 1.29 is 52.3 Å². The second kappa shape index (κ2) is 20.4. The molecule has 6 rings (SSSR count). The van der Waals surface area contributed by atoms with Crippen molar-refractivity contribution in [2.45, 2.75) is 161 Å². The molecule has 18 nitrogen and oxygen atoms in total. The topological polar surface area (TPSA) is 196 Å². The number of Topliss-reactive ketones (excluding diaryl/α,β-unsaturated/α-hetero) is 1. The number of tetrazole rings is 1. The van der Waals surface area contributed by atoms with Gasteiger partial charge in [-0.25, -0.2) is 4.79 Å². The molecule has 0 spiro atoms. The molecule has 4 saturated heterocycles. The van der Waals surface area contributed by atoms with Crippen molar-refractivity contribution in [3.05, 3.63) is 36.7 Å². The maximum Gasteiger partial charge on any atom is 0.410 e. The molecule has 18 heteroatoms. The number of rotatable bonds is 11. The number of esters is 2. The zero-order valence-electron chi connectivity index (χ0n) is 39.4. The maximum atomic E-state index is 15.1. The highest BCUT2D eigenvalue weighted by Crippen LogP contribution is 2.44. The van der Waals surface area contributed by atoms with E-state index >= 15 is 4.79 Å². The van der Waals surface area contributed by atoms with E-state index in [-0.39, 0.29) is 44.1 Å². The van der Waals surface area contributed by atoms with Gasteiger partial charge in [0, 0.05) is 49.2 Å². The Kier molecular flexibility index (Phi) is 15.7. The summed E-state index contributed by atoms with van der Waals surface area (Å²) in [5, 5.41) is 12.8. The lowest BCUT2D eigenvalue weighted by atomic mass is 9.73. The molecule has 2 aromatic heterocycles. The van der Waals surface area contributed by atoms with Crippen LogP contribution in [0.2, 0.25) is 0 Å². The largest absolute Gasteiger partial charge is 0.458 e. The molecule has 0 N–H and O–H groups in total. The predicted molar refractivity (Wildman–Crippen MR) is 232 cm³/mol. The van der Waals surface area contributed by atoms with Crippen molar-refractivity contribution in [2.24, 2.45) is 23.7 Å². The number of aryl methyl sites for hydroxylation is 1. The number of carbonyl (C=O) groups excluding carboxylic acids is 4. The normalized spacial score (nSPS) is 36.7. The molecule has 4 fully saturated rings. The highest BCUT2D eigenvalue weighted by Gasteiger charge is 2.60. The number of amides is 1. The van der Waals surface area contributed by atoms with E-state index in [9.17, 15) is 14.4 Å². The molecular weight excluding hydrogens is 827 g/mol. The Morgan fingerprint density at radius 3 is 2.45 bits per heavy atom. The molecule has 2 bridgehead atoms. The average Bonchev–Trinajstić information content (AvgIpc) is 3.84. The smallest absolute Gasteiger partial charge is 0.410 e. The van der Waals surface area contributed by atoms with E-state index in [4.69, 9.17) is 33.2 Å². The summed E-state index contributed by atoms with van der Waals surface area (Å²) in [6, 6.07) is 2.63. The molecule has 2 aromatic rings. The first-order valence-electron chi connectivity index (χ1n) is 22.8. The molecule has 1 amide bonds. The van der Waals surface area contributed by atoms with E-state index in [0.717, 1.165) is 5.56 Å². The van der Waals surface area contributed by atoms with Gasteiger partial charge < -0.3 is 43.0 Å². The first-order chi connectivity index (χ1) is 30.3. The SMILES string of the molecule is C=C1CO[C@@H]2[C@H](C)[C@@H](OC3O[C@H](C)C[C@H](N(C)C)[C@H]3OC(C)=O)[C@](C)(C[C@@H](C)C(=O)[C@H](C)[C@H]3N(CCCCn4nnc(-c5cccnc5)n4)C(=O)O[C@]3(C)[C@@H](CC)OC(=O)[C@@H]2C)OC1. The quantitative estimate of drug-likeness (QED) is 0.126. The minimum absolute atomic E-state index is 0.0876. The molecule has 14 atom stereocenters. The summed E-state index contributed by atoms with van der Waals surface area (Å²) in [7, 11) is 3.84. The fraction of sp³-hybridized carbons (Fsp3) is 0.739. The summed E-state index contributed by atoms with van der Waals surface area (Å²) in [5.41, 5.74) is -1.21. The Morgan fingerprint density at radius 2 is 1.78 bits per heavy atom. The number of ketones is 1. The van der Waals surface area contributed by atoms with Crippen LogP contribution in [0.5, 0.6) is 0 Å². The van der Waals surface area contributed by atoms with Crippen molar-refractivity contribution in [1.29, 1.82) is 0 Å². The van der Waals surface area contributed by atoms with Crippen molar-refractivity contribution in [3.8, 4) is 11.4 Å². The molecule has 64 heavy (non-hydrogen) atoms. The molecule has 4 aliphatic rings. The lowest BCUT2D eigenvalue weighted by molar-refractivity contribution is -0.304. The third-order valence-electron chi connectivity index (χ3n) is 13.6. The third-order valence-corrected chi connectivity index (χ3v) is 13.6. The standard InChI is InChI=1S/C46H69N7O11/c1-13-35-46(10)39(52(44(57)64-46)19-14-15-20-53-49-41(48-50-53)33-17-16-18-47-23-33)29(5)36(55)27(3)22-45(9)40(30(6)37(31(7)42(56)62-35)58-24-26(2)25-59-45)63-43-38(61-32(8)54)34(51(11)12)21-28(4)60-43/h16-18,23,27-31,34-35,37-40,43H,2,13-15,19-22,24-25H2,1,3-12H3/t27-,28-,29+,30+,31-,34+,35-,37-,38-,39-,40-,43?,45+,46-/m1/s1. The number of hydrogen-bond donors (Lipinski definition) is 0. The van der Waals surface area contributed by atoms with Gasteiger partial charge in [-0.3, -0.25) is 19.4 Å². The van der Waals surface area contributed by atoms with Gasteiger partial charge >= 0.3 is 18.0 Å². The van der Waals surface area contributed by atoms with Gasteiger partial charge in [0.05, 0.1) is 61.7 Å². The van der Waals surface area contributed by atoms with Crippen LogP contribution >= 0.6 is 0 Å². The minimum Gasteiger partial charge on any atom is -0.458 e. The van der Waals surface area contributed by atoms with Gasteiger partial charge in [-0.05, 0) is 96.8 Å². The Bertz CT molecular complexity index is 1970. The highest BCUT2D eigenvalue weighted by atomic mass is 16.7. The van der Waals surface area contributed by atoms with Gasteiger partial charge in [0.25, 0.3) is 0 Å². The highest BCUT2D eigenvalue weighted by molar-refractivity contribution is 5.85. The summed E-state index contributed by atoms with van der Waals surface area (Å²) in [6.45, 7) is 21.3. The van der Waals surface area contributed by atoms with E-state index in [1.807, 2.05) is 66.6 Å². The molecule has 4 aliphatic heterocycles. The van der Waals surface area contributed by atoms with Crippen molar-refractivity contribution >= 4 is 23.8 Å². The summed E-state index contributed by atoms with van der Waals surface area (Å²) >= 11 is 0. The summed E-state index contributed by atoms with van der Waals surface area (Å²) in [6.07, 6.45) is 0.281. The molecule has 0 aliphatic carbocycles. The second-order valence-corrected chi connectivity index (χ2v) is 19.0. The first-order valence-corrected chi connectivity index (χ1v) is 22.8. The van der Waals surface area contributed by atoms with Gasteiger partial charge in [-0.15, -0.1) is 10.2 Å². The zero-order valence-corrected chi connectivity index (χ0v) is 39.4. The van der Waals surface area contributed by atoms with E-state index in [2.05, 4.69) is 27.0 Å². The van der Waals surface area contributed by atoms with Crippen LogP contribution in [0.4, 0.5) is 4.79 Å². The van der Waals surface area contributed by atoms with Crippen LogP contribution in [0.1, 0.15) is 94.4 Å². The van der Waals surface area contributed by atoms with Gasteiger partial charge in [-0.2, -0.15) is 4.80 Å². The number of nitrogens with zero attached hydrogens (tertiary/aromatic N) is 7. The number of fused-ring (bicyclic) bond motifs is 4. The number of hydrogen-bond acceptors (Lipinski definition) is 16. The van der Waals surface area contributed by atoms with Crippen molar-refractivity contribution in [3.63, 3.8) is 0 Å². The fourth-order valence-electron chi connectivity index (χ4n) is 10.4. The van der Waals surface area contributed by atoms with Gasteiger partial charge in [0.2, 0.25) is 5.82 Å². The van der Waals surface area contributed by atoms with E-state index < -0.39 is 89.7 Å². The average molecular weight is 896 g/mol. The number of ether oxygens (including phenoxy) is 7.